The summed E-state index contributed by atoms with van der Waals surface area (Å²) in [4.78, 5) is 24.6. The fraction of sp³-hybridized carbons (Fsp3) is 0.391. The summed E-state index contributed by atoms with van der Waals surface area (Å²) < 4.78 is 58.4. The van der Waals surface area contributed by atoms with E-state index in [1.165, 1.54) is 6.92 Å². The lowest BCUT2D eigenvalue weighted by molar-refractivity contribution is -0.158. The summed E-state index contributed by atoms with van der Waals surface area (Å²) in [5.41, 5.74) is 2.49. The Kier molecular flexibility index (Phi) is 7.48. The van der Waals surface area contributed by atoms with Crippen molar-refractivity contribution in [2.45, 2.75) is 44.6 Å². The molecule has 1 heterocycles. The molecule has 0 radical (unpaired) electrons. The Morgan fingerprint density at radius 3 is 2.36 bits per heavy atom. The van der Waals surface area contributed by atoms with E-state index < -0.39 is 45.6 Å². The second kappa shape index (κ2) is 9.96. The van der Waals surface area contributed by atoms with Crippen molar-refractivity contribution in [2.75, 3.05) is 18.4 Å². The van der Waals surface area contributed by atoms with E-state index in [0.717, 1.165) is 27.6 Å². The minimum absolute atomic E-state index is 0.0180. The number of nitrogens with one attached hydrogen (secondary N) is 1. The van der Waals surface area contributed by atoms with Gasteiger partial charge in [-0.2, -0.15) is 4.31 Å². The molecule has 33 heavy (non-hydrogen) atoms. The highest BCUT2D eigenvalue weighted by atomic mass is 32.2. The maximum Gasteiger partial charge on any atom is 0.309 e. The molecule has 178 valence electrons. The van der Waals surface area contributed by atoms with Crippen LogP contribution in [0.25, 0.3) is 0 Å². The number of ether oxygens (including phenoxy) is 1. The van der Waals surface area contributed by atoms with Crippen LogP contribution in [0.1, 0.15) is 30.9 Å². The van der Waals surface area contributed by atoms with E-state index in [2.05, 4.69) is 5.32 Å². The Labute approximate surface area is 191 Å². The number of benzene rings is 2. The molecule has 2 aromatic carbocycles. The van der Waals surface area contributed by atoms with Crippen LogP contribution in [0.3, 0.4) is 0 Å². The van der Waals surface area contributed by atoms with Gasteiger partial charge in [0.25, 0.3) is 5.91 Å². The number of nitrogens with zero attached hydrogens (tertiary/aromatic N) is 1. The Bertz CT molecular complexity index is 1160. The molecule has 1 fully saturated rings. The summed E-state index contributed by atoms with van der Waals surface area (Å²) in [5.74, 6) is -4.00. The zero-order chi connectivity index (χ0) is 24.3. The van der Waals surface area contributed by atoms with Gasteiger partial charge in [0, 0.05) is 18.8 Å². The molecule has 2 aromatic rings. The Balaban J connectivity index is 1.56. The zero-order valence-corrected chi connectivity index (χ0v) is 19.4. The van der Waals surface area contributed by atoms with Gasteiger partial charge in [0.15, 0.2) is 17.7 Å². The Morgan fingerprint density at radius 1 is 1.06 bits per heavy atom. The van der Waals surface area contributed by atoms with Crippen LogP contribution in [0.5, 0.6) is 0 Å². The fourth-order valence-corrected chi connectivity index (χ4v) is 5.03. The van der Waals surface area contributed by atoms with Crippen molar-refractivity contribution in [1.29, 1.82) is 0 Å². The summed E-state index contributed by atoms with van der Waals surface area (Å²) >= 11 is 0. The second-order valence-corrected chi connectivity index (χ2v) is 10.1. The standard InChI is InChI=1S/C23H26F2N2O5S/c1-14-4-5-15(2)21(12-14)26-22(28)16(3)32-23(29)17-8-10-27(11-9-17)33(30,31)18-6-7-19(24)20(25)13-18/h4-7,12-13,16-17H,8-11H2,1-3H3,(H,26,28). The molecule has 7 nitrogen and oxygen atoms in total. The van der Waals surface area contributed by atoms with Crippen LogP contribution in [0, 0.1) is 31.4 Å². The number of carbonyl (C=O) groups excluding carboxylic acids is 2. The highest BCUT2D eigenvalue weighted by molar-refractivity contribution is 7.89. The van der Waals surface area contributed by atoms with E-state index in [1.807, 2.05) is 32.0 Å². The third-order valence-electron chi connectivity index (χ3n) is 5.63. The second-order valence-electron chi connectivity index (χ2n) is 8.14. The summed E-state index contributed by atoms with van der Waals surface area (Å²) in [5, 5.41) is 2.75. The van der Waals surface area contributed by atoms with Crippen LogP contribution in [-0.4, -0.2) is 43.8 Å². The smallest absolute Gasteiger partial charge is 0.309 e. The highest BCUT2D eigenvalue weighted by Crippen LogP contribution is 2.26. The fourth-order valence-electron chi connectivity index (χ4n) is 3.55. The van der Waals surface area contributed by atoms with Gasteiger partial charge in [-0.15, -0.1) is 0 Å². The average molecular weight is 481 g/mol. The zero-order valence-electron chi connectivity index (χ0n) is 18.6. The Morgan fingerprint density at radius 2 is 1.73 bits per heavy atom. The van der Waals surface area contributed by atoms with E-state index in [-0.39, 0.29) is 30.8 Å². The van der Waals surface area contributed by atoms with Crippen molar-refractivity contribution in [3.63, 3.8) is 0 Å². The predicted molar refractivity (Wildman–Crippen MR) is 118 cm³/mol. The van der Waals surface area contributed by atoms with E-state index in [0.29, 0.717) is 11.8 Å². The molecule has 10 heteroatoms. The molecule has 1 unspecified atom stereocenters. The summed E-state index contributed by atoms with van der Waals surface area (Å²) in [6, 6.07) is 8.03. The molecular weight excluding hydrogens is 454 g/mol. The van der Waals surface area contributed by atoms with Gasteiger partial charge in [0.1, 0.15) is 0 Å². The third-order valence-corrected chi connectivity index (χ3v) is 7.52. The third kappa shape index (κ3) is 5.75. The molecule has 0 spiro atoms. The molecule has 1 atom stereocenters. The monoisotopic (exact) mass is 480 g/mol. The lowest BCUT2D eigenvalue weighted by atomic mass is 9.98. The molecule has 0 saturated carbocycles. The normalized spacial score (nSPS) is 16.3. The lowest BCUT2D eigenvalue weighted by Crippen LogP contribution is -2.41. The van der Waals surface area contributed by atoms with Crippen LogP contribution in [-0.2, 0) is 24.3 Å². The summed E-state index contributed by atoms with van der Waals surface area (Å²) in [6.07, 6.45) is -0.651. The number of hydrogen-bond acceptors (Lipinski definition) is 5. The van der Waals surface area contributed by atoms with Crippen LogP contribution in [0.2, 0.25) is 0 Å². The first-order valence-electron chi connectivity index (χ1n) is 10.5. The number of halogens is 2. The van der Waals surface area contributed by atoms with Gasteiger partial charge in [-0.25, -0.2) is 17.2 Å². The molecule has 1 amide bonds. The minimum Gasteiger partial charge on any atom is -0.452 e. The average Bonchev–Trinajstić information content (AvgIpc) is 2.78. The Hall–Kier alpha value is -2.85. The molecule has 1 aliphatic heterocycles. The molecule has 0 aliphatic carbocycles. The molecule has 1 N–H and O–H groups in total. The number of aryl methyl sites for hydroxylation is 2. The number of esters is 1. The van der Waals surface area contributed by atoms with Gasteiger partial charge in [0.2, 0.25) is 10.0 Å². The van der Waals surface area contributed by atoms with Gasteiger partial charge in [0.05, 0.1) is 10.8 Å². The van der Waals surface area contributed by atoms with Gasteiger partial charge in [-0.1, -0.05) is 12.1 Å². The van der Waals surface area contributed by atoms with Crippen molar-refractivity contribution in [1.82, 2.24) is 4.31 Å². The van der Waals surface area contributed by atoms with Crippen LogP contribution >= 0.6 is 0 Å². The largest absolute Gasteiger partial charge is 0.452 e. The minimum atomic E-state index is -4.02. The molecule has 0 aromatic heterocycles. The molecular formula is C23H26F2N2O5S. The molecule has 3 rings (SSSR count). The van der Waals surface area contributed by atoms with Gasteiger partial charge in [-0.3, -0.25) is 9.59 Å². The maximum absolute atomic E-state index is 13.5. The number of piperidine rings is 1. The predicted octanol–water partition coefficient (Wildman–Crippen LogP) is 3.55. The number of carbonyl (C=O) groups is 2. The number of amides is 1. The van der Waals surface area contributed by atoms with Crippen molar-refractivity contribution >= 4 is 27.6 Å². The van der Waals surface area contributed by atoms with Gasteiger partial charge < -0.3 is 10.1 Å². The summed E-state index contributed by atoms with van der Waals surface area (Å²) in [7, 11) is -4.02. The number of sulfonamides is 1. The quantitative estimate of drug-likeness (QED) is 0.639. The number of rotatable bonds is 6. The van der Waals surface area contributed by atoms with Gasteiger partial charge in [-0.05, 0) is 69.0 Å². The number of anilines is 1. The van der Waals surface area contributed by atoms with Crippen LogP contribution < -0.4 is 5.32 Å². The van der Waals surface area contributed by atoms with Crippen LogP contribution in [0.4, 0.5) is 14.5 Å². The van der Waals surface area contributed by atoms with E-state index in [9.17, 15) is 26.8 Å². The van der Waals surface area contributed by atoms with E-state index >= 15 is 0 Å². The van der Waals surface area contributed by atoms with Crippen molar-refractivity contribution < 1.29 is 31.5 Å². The maximum atomic E-state index is 13.5. The first-order valence-corrected chi connectivity index (χ1v) is 12.0. The lowest BCUT2D eigenvalue weighted by Gasteiger charge is -2.30. The molecule has 1 saturated heterocycles. The molecule has 1 aliphatic rings. The first kappa shape index (κ1) is 24.8. The van der Waals surface area contributed by atoms with E-state index in [4.69, 9.17) is 4.74 Å². The van der Waals surface area contributed by atoms with Crippen LogP contribution in [0.15, 0.2) is 41.3 Å². The van der Waals surface area contributed by atoms with Crippen molar-refractivity contribution in [3.8, 4) is 0 Å². The highest BCUT2D eigenvalue weighted by Gasteiger charge is 2.34. The molecule has 0 bridgehead atoms. The topological polar surface area (TPSA) is 92.8 Å². The van der Waals surface area contributed by atoms with Crippen molar-refractivity contribution in [2.24, 2.45) is 5.92 Å². The SMILES string of the molecule is Cc1ccc(C)c(NC(=O)C(C)OC(=O)C2CCN(S(=O)(=O)c3ccc(F)c(F)c3)CC2)c1. The van der Waals surface area contributed by atoms with Crippen molar-refractivity contribution in [3.05, 3.63) is 59.2 Å². The number of hydrogen-bond donors (Lipinski definition) is 1. The summed E-state index contributed by atoms with van der Waals surface area (Å²) in [6.45, 7) is 5.26. The first-order chi connectivity index (χ1) is 15.5. The van der Waals surface area contributed by atoms with E-state index in [1.54, 1.807) is 0 Å². The van der Waals surface area contributed by atoms with Gasteiger partial charge >= 0.3 is 5.97 Å².